The van der Waals surface area contributed by atoms with Crippen LogP contribution in [0.3, 0.4) is 0 Å². The van der Waals surface area contributed by atoms with Gasteiger partial charge in [0.05, 0.1) is 11.9 Å². The Hall–Kier alpha value is -1.77. The molecular weight excluding hydrogens is 404 g/mol. The van der Waals surface area contributed by atoms with Gasteiger partial charge in [-0.05, 0) is 88.5 Å². The van der Waals surface area contributed by atoms with Crippen molar-refractivity contribution in [3.63, 3.8) is 0 Å². The molecular formula is C27H40O5. The van der Waals surface area contributed by atoms with Crippen molar-refractivity contribution in [1.29, 1.82) is 0 Å². The summed E-state index contributed by atoms with van der Waals surface area (Å²) in [7, 11) is 0. The molecule has 2 fully saturated rings. The number of aliphatic hydroxyl groups is 1. The monoisotopic (exact) mass is 444 g/mol. The normalized spacial score (nSPS) is 30.9. The Labute approximate surface area is 193 Å². The number of rotatable bonds is 11. The summed E-state index contributed by atoms with van der Waals surface area (Å²) >= 11 is 0. The third-order valence-corrected chi connectivity index (χ3v) is 7.17. The van der Waals surface area contributed by atoms with Crippen LogP contribution in [-0.4, -0.2) is 35.2 Å². The zero-order valence-corrected chi connectivity index (χ0v) is 19.7. The van der Waals surface area contributed by atoms with Crippen LogP contribution < -0.4 is 0 Å². The topological polar surface area (TPSA) is 76.0 Å². The van der Waals surface area contributed by atoms with Gasteiger partial charge in [0.15, 0.2) is 6.29 Å². The van der Waals surface area contributed by atoms with Gasteiger partial charge in [0, 0.05) is 25.4 Å². The van der Waals surface area contributed by atoms with Crippen LogP contribution in [0, 0.1) is 35.5 Å². The van der Waals surface area contributed by atoms with E-state index in [-0.39, 0.29) is 24.7 Å². The van der Waals surface area contributed by atoms with Gasteiger partial charge < -0.3 is 19.7 Å². The molecule has 5 nitrogen and oxygen atoms in total. The maximum atomic E-state index is 11.1. The highest BCUT2D eigenvalue weighted by Gasteiger charge is 2.48. The summed E-state index contributed by atoms with van der Waals surface area (Å²) in [4.78, 5) is 10.8. The van der Waals surface area contributed by atoms with E-state index in [0.29, 0.717) is 23.5 Å². The zero-order chi connectivity index (χ0) is 22.9. The van der Waals surface area contributed by atoms with E-state index in [9.17, 15) is 9.90 Å². The maximum absolute atomic E-state index is 11.1. The number of aliphatic carboxylic acids is 1. The minimum atomic E-state index is -0.721. The Morgan fingerprint density at radius 2 is 2.19 bits per heavy atom. The fourth-order valence-electron chi connectivity index (χ4n) is 5.47. The number of ether oxygens (including phenoxy) is 2. The summed E-state index contributed by atoms with van der Waals surface area (Å²) in [5, 5.41) is 20.0. The van der Waals surface area contributed by atoms with Crippen LogP contribution in [0.4, 0.5) is 0 Å². The third-order valence-electron chi connectivity index (χ3n) is 7.17. The second-order valence-corrected chi connectivity index (χ2v) is 9.79. The van der Waals surface area contributed by atoms with Gasteiger partial charge in [-0.1, -0.05) is 18.6 Å². The molecule has 0 bridgehead atoms. The lowest BCUT2D eigenvalue weighted by Gasteiger charge is -2.30. The van der Waals surface area contributed by atoms with Crippen molar-refractivity contribution >= 4 is 5.97 Å². The Bertz CT molecular complexity index is 737. The molecule has 32 heavy (non-hydrogen) atoms. The van der Waals surface area contributed by atoms with E-state index in [4.69, 9.17) is 14.6 Å². The molecule has 1 saturated carbocycles. The smallest absolute Gasteiger partial charge is 0.303 e. The van der Waals surface area contributed by atoms with Gasteiger partial charge >= 0.3 is 5.97 Å². The quantitative estimate of drug-likeness (QED) is 0.177. The van der Waals surface area contributed by atoms with Crippen molar-refractivity contribution in [2.75, 3.05) is 6.61 Å². The molecule has 2 aliphatic carbocycles. The predicted octanol–water partition coefficient (Wildman–Crippen LogP) is 6.01. The summed E-state index contributed by atoms with van der Waals surface area (Å²) in [5.74, 6) is 7.02. The first-order valence-electron chi connectivity index (χ1n) is 12.4. The Morgan fingerprint density at radius 3 is 2.91 bits per heavy atom. The van der Waals surface area contributed by atoms with Crippen LogP contribution in [0.1, 0.15) is 84.5 Å². The van der Waals surface area contributed by atoms with E-state index in [0.717, 1.165) is 70.8 Å². The van der Waals surface area contributed by atoms with E-state index < -0.39 is 5.97 Å². The van der Waals surface area contributed by atoms with Crippen LogP contribution in [0.2, 0.25) is 0 Å². The van der Waals surface area contributed by atoms with Crippen LogP contribution in [0.15, 0.2) is 23.5 Å². The molecule has 3 aliphatic rings. The number of carbonyl (C=O) groups is 1. The van der Waals surface area contributed by atoms with E-state index >= 15 is 0 Å². The standard InChI is InChI=1S/C27H40O5/c1-3-4-9-19(2)13-14-23(28)27-22-17-20(10-5-6-11-25(29)30)16-21(22)18-24(27)32-26-12-7-8-15-31-26/h14,16,19,21-22,24,26-28H,5-13,15,17-18H2,1-2H3,(H,29,30)/t19?,21-,22-,24-,26?,27+/m1/s1. The van der Waals surface area contributed by atoms with Crippen LogP contribution in [0.5, 0.6) is 0 Å². The van der Waals surface area contributed by atoms with E-state index in [2.05, 4.69) is 24.8 Å². The first-order chi connectivity index (χ1) is 15.5. The fraction of sp³-hybridized carbons (Fsp3) is 0.741. The van der Waals surface area contributed by atoms with Gasteiger partial charge in [0.2, 0.25) is 0 Å². The summed E-state index contributed by atoms with van der Waals surface area (Å²) in [6.07, 6.45) is 13.8. The summed E-state index contributed by atoms with van der Waals surface area (Å²) < 4.78 is 12.3. The van der Waals surface area contributed by atoms with Crippen molar-refractivity contribution in [3.8, 4) is 11.8 Å². The number of aliphatic hydroxyl groups excluding tert-OH is 1. The first kappa shape index (κ1) is 24.9. The molecule has 2 N–H and O–H groups in total. The lowest BCUT2D eigenvalue weighted by atomic mass is 9.86. The van der Waals surface area contributed by atoms with Crippen LogP contribution in [0.25, 0.3) is 0 Å². The van der Waals surface area contributed by atoms with Crippen molar-refractivity contribution in [3.05, 3.63) is 23.5 Å². The van der Waals surface area contributed by atoms with Gasteiger partial charge in [-0.2, -0.15) is 0 Å². The van der Waals surface area contributed by atoms with Gasteiger partial charge in [-0.15, -0.1) is 11.8 Å². The molecule has 2 unspecified atom stereocenters. The summed E-state index contributed by atoms with van der Waals surface area (Å²) in [6, 6.07) is 0. The molecule has 0 amide bonds. The minimum absolute atomic E-state index is 0.00255. The van der Waals surface area contributed by atoms with Crippen molar-refractivity contribution in [1.82, 2.24) is 0 Å². The van der Waals surface area contributed by atoms with Gasteiger partial charge in [-0.25, -0.2) is 0 Å². The molecule has 0 aromatic carbocycles. The van der Waals surface area contributed by atoms with Crippen LogP contribution in [-0.2, 0) is 14.3 Å². The second kappa shape index (κ2) is 12.5. The Balaban J connectivity index is 1.64. The summed E-state index contributed by atoms with van der Waals surface area (Å²) in [5.41, 5.74) is 1.42. The first-order valence-corrected chi connectivity index (χ1v) is 12.4. The van der Waals surface area contributed by atoms with E-state index in [1.165, 1.54) is 5.57 Å². The predicted molar refractivity (Wildman–Crippen MR) is 125 cm³/mol. The third kappa shape index (κ3) is 7.12. The average Bonchev–Trinajstić information content (AvgIpc) is 3.31. The lowest BCUT2D eigenvalue weighted by Crippen LogP contribution is -2.32. The summed E-state index contributed by atoms with van der Waals surface area (Å²) in [6.45, 7) is 4.79. The molecule has 5 heteroatoms. The molecule has 0 spiro atoms. The largest absolute Gasteiger partial charge is 0.512 e. The molecule has 1 aliphatic heterocycles. The Morgan fingerprint density at radius 1 is 1.34 bits per heavy atom. The van der Waals surface area contributed by atoms with Gasteiger partial charge in [0.25, 0.3) is 0 Å². The Kier molecular flexibility index (Phi) is 9.69. The molecule has 3 rings (SSSR count). The number of hydrogen-bond donors (Lipinski definition) is 2. The molecule has 6 atom stereocenters. The molecule has 0 radical (unpaired) electrons. The van der Waals surface area contributed by atoms with Crippen molar-refractivity contribution in [2.45, 2.75) is 96.9 Å². The molecule has 1 saturated heterocycles. The number of unbranched alkanes of at least 4 members (excludes halogenated alkanes) is 1. The second-order valence-electron chi connectivity index (χ2n) is 9.79. The van der Waals surface area contributed by atoms with Crippen molar-refractivity contribution in [2.24, 2.45) is 23.7 Å². The zero-order valence-electron chi connectivity index (χ0n) is 19.7. The number of carboxylic acid groups (broad SMARTS) is 1. The maximum Gasteiger partial charge on any atom is 0.303 e. The van der Waals surface area contributed by atoms with Crippen LogP contribution >= 0.6 is 0 Å². The highest BCUT2D eigenvalue weighted by atomic mass is 16.7. The van der Waals surface area contributed by atoms with Crippen molar-refractivity contribution < 1.29 is 24.5 Å². The highest BCUT2D eigenvalue weighted by molar-refractivity contribution is 5.66. The van der Waals surface area contributed by atoms with E-state index in [1.54, 1.807) is 0 Å². The molecule has 0 aromatic heterocycles. The lowest BCUT2D eigenvalue weighted by molar-refractivity contribution is -0.195. The number of fused-ring (bicyclic) bond motifs is 1. The molecule has 0 aromatic rings. The SMILES string of the molecule is CC#CCC(C)CC=C(O)[C@@H]1[C@@H]2CC(CCCCC(=O)O)=C[C@@H]2C[C@H]1OC1CCCCO1. The highest BCUT2D eigenvalue weighted by Crippen LogP contribution is 2.51. The average molecular weight is 445 g/mol. The minimum Gasteiger partial charge on any atom is -0.512 e. The fourth-order valence-corrected chi connectivity index (χ4v) is 5.47. The number of carboxylic acids is 1. The molecule has 1 heterocycles. The number of allylic oxidation sites excluding steroid dienone is 3. The number of hydrogen-bond acceptors (Lipinski definition) is 4. The van der Waals surface area contributed by atoms with Gasteiger partial charge in [0.1, 0.15) is 0 Å². The van der Waals surface area contributed by atoms with E-state index in [1.807, 2.05) is 13.0 Å². The van der Waals surface area contributed by atoms with Gasteiger partial charge in [-0.3, -0.25) is 4.79 Å². The molecule has 178 valence electrons.